The van der Waals surface area contributed by atoms with Crippen LogP contribution in [-0.4, -0.2) is 31.7 Å². The molecule has 136 valence electrons. The van der Waals surface area contributed by atoms with Crippen molar-refractivity contribution in [3.8, 4) is 17.2 Å². The third kappa shape index (κ3) is 3.57. The van der Waals surface area contributed by atoms with E-state index in [0.29, 0.717) is 28.8 Å². The van der Waals surface area contributed by atoms with Crippen LogP contribution < -0.4 is 19.5 Å². The summed E-state index contributed by atoms with van der Waals surface area (Å²) in [4.78, 5) is 17.1. The quantitative estimate of drug-likeness (QED) is 0.700. The van der Waals surface area contributed by atoms with E-state index in [2.05, 4.69) is 10.3 Å². The number of hydrogen-bond donors (Lipinski definition) is 1. The molecule has 6 nitrogen and oxygen atoms in total. The van der Waals surface area contributed by atoms with Crippen molar-refractivity contribution in [2.24, 2.45) is 0 Å². The fraction of sp³-hybridized carbons (Fsp3) is 0.263. The van der Waals surface area contributed by atoms with Crippen LogP contribution in [0.3, 0.4) is 0 Å². The van der Waals surface area contributed by atoms with Gasteiger partial charge in [0.05, 0.1) is 31.0 Å². The van der Waals surface area contributed by atoms with E-state index < -0.39 is 0 Å². The molecule has 0 bridgehead atoms. The first-order valence-corrected chi connectivity index (χ1v) is 8.94. The van der Waals surface area contributed by atoms with Gasteiger partial charge < -0.3 is 14.2 Å². The van der Waals surface area contributed by atoms with Gasteiger partial charge in [0.1, 0.15) is 17.2 Å². The van der Waals surface area contributed by atoms with Crippen molar-refractivity contribution < 1.29 is 19.0 Å². The van der Waals surface area contributed by atoms with E-state index in [1.165, 1.54) is 11.3 Å². The van der Waals surface area contributed by atoms with Crippen LogP contribution in [0.2, 0.25) is 0 Å². The number of anilines is 1. The number of ether oxygens (including phenoxy) is 3. The van der Waals surface area contributed by atoms with Crippen LogP contribution in [0.4, 0.5) is 5.13 Å². The molecule has 0 radical (unpaired) electrons. The maximum absolute atomic E-state index is 12.6. The van der Waals surface area contributed by atoms with Crippen LogP contribution in [0.25, 0.3) is 10.2 Å². The Labute approximate surface area is 155 Å². The summed E-state index contributed by atoms with van der Waals surface area (Å²) >= 11 is 1.40. The summed E-state index contributed by atoms with van der Waals surface area (Å²) in [5.41, 5.74) is 2.10. The van der Waals surface area contributed by atoms with E-state index in [1.807, 2.05) is 32.0 Å². The highest BCUT2D eigenvalue weighted by molar-refractivity contribution is 7.22. The van der Waals surface area contributed by atoms with Gasteiger partial charge in [-0.05, 0) is 44.2 Å². The van der Waals surface area contributed by atoms with E-state index in [1.54, 1.807) is 26.4 Å². The number of amides is 1. The molecule has 3 rings (SSSR count). The van der Waals surface area contributed by atoms with Gasteiger partial charge in [0.2, 0.25) is 0 Å². The second kappa shape index (κ2) is 7.61. The minimum atomic E-state index is -0.273. The minimum absolute atomic E-state index is 0.273. The van der Waals surface area contributed by atoms with Crippen LogP contribution >= 0.6 is 11.3 Å². The van der Waals surface area contributed by atoms with Crippen LogP contribution in [0, 0.1) is 6.92 Å². The number of nitrogens with zero attached hydrogens (tertiary/aromatic N) is 1. The maximum atomic E-state index is 12.6. The molecule has 1 aromatic heterocycles. The second-order valence-electron chi connectivity index (χ2n) is 5.54. The van der Waals surface area contributed by atoms with Crippen molar-refractivity contribution in [2.75, 3.05) is 26.1 Å². The lowest BCUT2D eigenvalue weighted by Gasteiger charge is -2.12. The van der Waals surface area contributed by atoms with Crippen LogP contribution in [0.5, 0.6) is 17.2 Å². The Kier molecular flexibility index (Phi) is 5.27. The highest BCUT2D eigenvalue weighted by Gasteiger charge is 2.15. The Morgan fingerprint density at radius 2 is 1.85 bits per heavy atom. The number of carbonyl (C=O) groups is 1. The van der Waals surface area contributed by atoms with Gasteiger partial charge in [-0.2, -0.15) is 0 Å². The number of nitrogens with one attached hydrogen (secondary N) is 1. The Bertz CT molecular complexity index is 927. The highest BCUT2D eigenvalue weighted by atomic mass is 32.1. The lowest BCUT2D eigenvalue weighted by atomic mass is 10.1. The molecule has 0 aliphatic carbocycles. The average molecular weight is 372 g/mol. The van der Waals surface area contributed by atoms with E-state index >= 15 is 0 Å². The Morgan fingerprint density at radius 3 is 2.46 bits per heavy atom. The summed E-state index contributed by atoms with van der Waals surface area (Å²) in [7, 11) is 3.12. The molecule has 0 unspecified atom stereocenters. The third-order valence-corrected chi connectivity index (χ3v) is 4.84. The summed E-state index contributed by atoms with van der Waals surface area (Å²) in [6.45, 7) is 4.42. The summed E-state index contributed by atoms with van der Waals surface area (Å²) in [6, 6.07) is 9.04. The number of aromatic nitrogens is 1. The summed E-state index contributed by atoms with van der Waals surface area (Å²) in [6.07, 6.45) is 0. The number of thiazole rings is 1. The van der Waals surface area contributed by atoms with Gasteiger partial charge in [-0.25, -0.2) is 4.98 Å². The molecule has 0 saturated heterocycles. The highest BCUT2D eigenvalue weighted by Crippen LogP contribution is 2.32. The Hall–Kier alpha value is -2.80. The molecule has 3 aromatic rings. The topological polar surface area (TPSA) is 69.7 Å². The molecule has 7 heteroatoms. The molecular formula is C19H20N2O4S. The van der Waals surface area contributed by atoms with Gasteiger partial charge in [-0.3, -0.25) is 10.1 Å². The molecule has 1 heterocycles. The lowest BCUT2D eigenvalue weighted by Crippen LogP contribution is -2.12. The van der Waals surface area contributed by atoms with Gasteiger partial charge in [0.15, 0.2) is 5.13 Å². The molecule has 2 aromatic carbocycles. The standard InChI is InChI=1S/C19H20N2O4S/c1-5-25-13-6-7-14-17(10-13)26-19(20-14)21-18(22)12-8-15(23-3)11(2)16(9-12)24-4/h6-10H,5H2,1-4H3,(H,20,21,22). The predicted octanol–water partition coefficient (Wildman–Crippen LogP) is 4.27. The molecule has 1 amide bonds. The lowest BCUT2D eigenvalue weighted by molar-refractivity contribution is 0.102. The molecule has 1 N–H and O–H groups in total. The third-order valence-electron chi connectivity index (χ3n) is 3.91. The predicted molar refractivity (Wildman–Crippen MR) is 103 cm³/mol. The number of hydrogen-bond acceptors (Lipinski definition) is 6. The summed E-state index contributed by atoms with van der Waals surface area (Å²) in [5, 5.41) is 3.36. The molecule has 26 heavy (non-hydrogen) atoms. The van der Waals surface area contributed by atoms with Gasteiger partial charge in [0.25, 0.3) is 5.91 Å². The average Bonchev–Trinajstić information content (AvgIpc) is 3.03. The zero-order valence-corrected chi connectivity index (χ0v) is 15.9. The molecule has 0 spiro atoms. The first-order valence-electron chi connectivity index (χ1n) is 8.13. The molecular weight excluding hydrogens is 352 g/mol. The van der Waals surface area contributed by atoms with E-state index in [-0.39, 0.29) is 5.91 Å². The van der Waals surface area contributed by atoms with Gasteiger partial charge in [0, 0.05) is 11.1 Å². The van der Waals surface area contributed by atoms with Crippen molar-refractivity contribution in [2.45, 2.75) is 13.8 Å². The number of carbonyl (C=O) groups excluding carboxylic acids is 1. The smallest absolute Gasteiger partial charge is 0.257 e. The van der Waals surface area contributed by atoms with Gasteiger partial charge >= 0.3 is 0 Å². The second-order valence-corrected chi connectivity index (χ2v) is 6.57. The van der Waals surface area contributed by atoms with Crippen LogP contribution in [0.1, 0.15) is 22.8 Å². The van der Waals surface area contributed by atoms with Gasteiger partial charge in [-0.15, -0.1) is 0 Å². The normalized spacial score (nSPS) is 10.6. The number of methoxy groups -OCH3 is 2. The van der Waals surface area contributed by atoms with E-state index in [4.69, 9.17) is 14.2 Å². The molecule has 0 aliphatic heterocycles. The first-order chi connectivity index (χ1) is 12.5. The minimum Gasteiger partial charge on any atom is -0.496 e. The summed E-state index contributed by atoms with van der Waals surface area (Å²) in [5.74, 6) is 1.71. The van der Waals surface area contributed by atoms with Crippen molar-refractivity contribution in [3.05, 3.63) is 41.5 Å². The number of benzene rings is 2. The van der Waals surface area contributed by atoms with Crippen molar-refractivity contribution in [3.63, 3.8) is 0 Å². The Balaban J connectivity index is 1.86. The maximum Gasteiger partial charge on any atom is 0.257 e. The molecule has 0 atom stereocenters. The summed E-state index contributed by atoms with van der Waals surface area (Å²) < 4.78 is 17.1. The number of fused-ring (bicyclic) bond motifs is 1. The van der Waals surface area contributed by atoms with Crippen molar-refractivity contribution >= 4 is 32.6 Å². The van der Waals surface area contributed by atoms with Crippen LogP contribution in [0.15, 0.2) is 30.3 Å². The van der Waals surface area contributed by atoms with Crippen molar-refractivity contribution in [1.29, 1.82) is 0 Å². The Morgan fingerprint density at radius 1 is 1.15 bits per heavy atom. The molecule has 0 aliphatic rings. The van der Waals surface area contributed by atoms with Gasteiger partial charge in [-0.1, -0.05) is 11.3 Å². The SMILES string of the molecule is CCOc1ccc2nc(NC(=O)c3cc(OC)c(C)c(OC)c3)sc2c1. The largest absolute Gasteiger partial charge is 0.496 e. The molecule has 0 fully saturated rings. The monoisotopic (exact) mass is 372 g/mol. The number of rotatable bonds is 6. The fourth-order valence-corrected chi connectivity index (χ4v) is 3.49. The van der Waals surface area contributed by atoms with Crippen LogP contribution in [-0.2, 0) is 0 Å². The van der Waals surface area contributed by atoms with Crippen molar-refractivity contribution in [1.82, 2.24) is 4.98 Å². The zero-order valence-electron chi connectivity index (χ0n) is 15.1. The van der Waals surface area contributed by atoms with E-state index in [9.17, 15) is 4.79 Å². The zero-order chi connectivity index (χ0) is 18.7. The fourth-order valence-electron chi connectivity index (χ4n) is 2.60. The molecule has 0 saturated carbocycles. The first kappa shape index (κ1) is 18.0. The van der Waals surface area contributed by atoms with E-state index in [0.717, 1.165) is 21.5 Å².